The van der Waals surface area contributed by atoms with E-state index in [9.17, 15) is 10.1 Å². The van der Waals surface area contributed by atoms with Gasteiger partial charge in [0.2, 0.25) is 0 Å². The largest absolute Gasteiger partial charge is 0.311 e. The topological polar surface area (TPSA) is 65.8 Å². The molecule has 2 aromatic heterocycles. The van der Waals surface area contributed by atoms with Crippen LogP contribution in [0, 0.1) is 18.3 Å². The number of rotatable bonds is 3. The molecule has 0 unspecified atom stereocenters. The number of carbonyl (C=O) groups excluding carboxylic acids is 1. The Kier molecular flexibility index (Phi) is 4.58. The summed E-state index contributed by atoms with van der Waals surface area (Å²) in [7, 11) is 0. The number of nitrogens with one attached hydrogen (secondary N) is 1. The van der Waals surface area contributed by atoms with Gasteiger partial charge in [0.15, 0.2) is 0 Å². The van der Waals surface area contributed by atoms with Gasteiger partial charge in [-0.2, -0.15) is 5.26 Å². The summed E-state index contributed by atoms with van der Waals surface area (Å²) in [6.07, 6.45) is 4.18. The highest BCUT2D eigenvalue weighted by molar-refractivity contribution is 7.17. The Morgan fingerprint density at radius 2 is 1.96 bits per heavy atom. The lowest BCUT2D eigenvalue weighted by Gasteiger charge is -2.09. The minimum Gasteiger partial charge on any atom is -0.311 e. The molecule has 0 spiro atoms. The van der Waals surface area contributed by atoms with Crippen molar-refractivity contribution in [3.63, 3.8) is 0 Å². The van der Waals surface area contributed by atoms with Crippen LogP contribution in [-0.4, -0.2) is 10.9 Å². The molecule has 0 bridgehead atoms. The third-order valence-electron chi connectivity index (χ3n) is 4.50. The van der Waals surface area contributed by atoms with E-state index in [-0.39, 0.29) is 5.91 Å². The second-order valence-corrected chi connectivity index (χ2v) is 8.57. The van der Waals surface area contributed by atoms with E-state index in [2.05, 4.69) is 16.4 Å². The summed E-state index contributed by atoms with van der Waals surface area (Å²) in [4.78, 5) is 19.5. The second-order valence-electron chi connectivity index (χ2n) is 6.26. The number of fused-ring (bicyclic) bond motifs is 1. The zero-order valence-corrected chi connectivity index (χ0v) is 16.0. The molecule has 6 heteroatoms. The van der Waals surface area contributed by atoms with Gasteiger partial charge in [-0.3, -0.25) is 4.79 Å². The highest BCUT2D eigenvalue weighted by Gasteiger charge is 2.24. The fraction of sp³-hybridized carbons (Fsp3) is 0.250. The van der Waals surface area contributed by atoms with Crippen LogP contribution >= 0.6 is 22.7 Å². The average molecular weight is 380 g/mol. The fourth-order valence-corrected chi connectivity index (χ4v) is 5.46. The van der Waals surface area contributed by atoms with Crippen LogP contribution in [0.5, 0.6) is 0 Å². The minimum atomic E-state index is -0.247. The summed E-state index contributed by atoms with van der Waals surface area (Å²) in [5.74, 6) is -0.247. The van der Waals surface area contributed by atoms with Crippen LogP contribution in [0.3, 0.4) is 0 Å². The molecule has 26 heavy (non-hydrogen) atoms. The number of thiophene rings is 1. The van der Waals surface area contributed by atoms with Crippen LogP contribution < -0.4 is 5.32 Å². The quantitative estimate of drug-likeness (QED) is 0.681. The number of carbonyl (C=O) groups is 1. The lowest BCUT2D eigenvalue weighted by atomic mass is 9.96. The van der Waals surface area contributed by atoms with Gasteiger partial charge in [0.1, 0.15) is 16.8 Å². The molecular formula is C20H17N3OS2. The van der Waals surface area contributed by atoms with Crippen LogP contribution in [0.4, 0.5) is 5.00 Å². The van der Waals surface area contributed by atoms with Crippen molar-refractivity contribution in [2.45, 2.75) is 32.6 Å². The van der Waals surface area contributed by atoms with Crippen molar-refractivity contribution in [2.24, 2.45) is 0 Å². The molecular weight excluding hydrogens is 362 g/mol. The first-order chi connectivity index (χ1) is 12.7. The molecule has 4 rings (SSSR count). The number of nitrogens with zero attached hydrogens (tertiary/aromatic N) is 2. The molecule has 1 aliphatic carbocycles. The second kappa shape index (κ2) is 7.02. The molecule has 1 aromatic carbocycles. The van der Waals surface area contributed by atoms with Gasteiger partial charge in [-0.1, -0.05) is 30.3 Å². The van der Waals surface area contributed by atoms with E-state index in [0.29, 0.717) is 16.3 Å². The summed E-state index contributed by atoms with van der Waals surface area (Å²) in [6, 6.07) is 12.1. The average Bonchev–Trinajstić information content (AvgIpc) is 3.22. The number of benzene rings is 1. The van der Waals surface area contributed by atoms with Crippen molar-refractivity contribution < 1.29 is 4.79 Å². The molecule has 0 aliphatic heterocycles. The summed E-state index contributed by atoms with van der Waals surface area (Å²) in [6.45, 7) is 1.90. The Labute approximate surface area is 160 Å². The third kappa shape index (κ3) is 3.05. The van der Waals surface area contributed by atoms with Gasteiger partial charge in [-0.15, -0.1) is 22.7 Å². The van der Waals surface area contributed by atoms with Crippen LogP contribution in [-0.2, 0) is 12.8 Å². The Balaban J connectivity index is 1.69. The molecule has 0 saturated heterocycles. The number of hydrogen-bond acceptors (Lipinski definition) is 5. The monoisotopic (exact) mass is 379 g/mol. The van der Waals surface area contributed by atoms with E-state index >= 15 is 0 Å². The lowest BCUT2D eigenvalue weighted by molar-refractivity contribution is 0.102. The van der Waals surface area contributed by atoms with Gasteiger partial charge in [0, 0.05) is 4.88 Å². The molecule has 3 aromatic rings. The summed E-state index contributed by atoms with van der Waals surface area (Å²) in [5.41, 5.74) is 3.16. The number of aromatic nitrogens is 1. The molecule has 1 amide bonds. The predicted molar refractivity (Wildman–Crippen MR) is 106 cm³/mol. The zero-order chi connectivity index (χ0) is 18.1. The predicted octanol–water partition coefficient (Wildman–Crippen LogP) is 5.18. The van der Waals surface area contributed by atoms with Gasteiger partial charge in [0.25, 0.3) is 5.91 Å². The van der Waals surface area contributed by atoms with E-state index in [0.717, 1.165) is 46.7 Å². The maximum atomic E-state index is 12.9. The van der Waals surface area contributed by atoms with E-state index in [1.165, 1.54) is 27.6 Å². The van der Waals surface area contributed by atoms with Crippen molar-refractivity contribution in [3.05, 3.63) is 57.0 Å². The van der Waals surface area contributed by atoms with Crippen molar-refractivity contribution in [3.8, 4) is 16.5 Å². The zero-order valence-electron chi connectivity index (χ0n) is 14.3. The van der Waals surface area contributed by atoms with Crippen molar-refractivity contribution in [2.75, 3.05) is 5.32 Å². The number of amides is 1. The highest BCUT2D eigenvalue weighted by Crippen LogP contribution is 2.38. The molecule has 0 atom stereocenters. The maximum Gasteiger partial charge on any atom is 0.276 e. The Hall–Kier alpha value is -2.49. The van der Waals surface area contributed by atoms with Crippen molar-refractivity contribution in [1.29, 1.82) is 5.26 Å². The maximum absolute atomic E-state index is 12.9. The van der Waals surface area contributed by atoms with E-state index in [4.69, 9.17) is 0 Å². The Bertz CT molecular complexity index is 1010. The smallest absolute Gasteiger partial charge is 0.276 e. The van der Waals surface area contributed by atoms with Gasteiger partial charge >= 0.3 is 0 Å². The third-order valence-corrected chi connectivity index (χ3v) is 6.72. The first-order valence-electron chi connectivity index (χ1n) is 8.56. The van der Waals surface area contributed by atoms with E-state index in [1.54, 1.807) is 0 Å². The molecule has 0 saturated carbocycles. The SMILES string of the molecule is Cc1nc(C(=O)Nc2sc3c(c2C#N)CCCC3)c(-c2ccccc2)s1. The Morgan fingerprint density at radius 3 is 2.73 bits per heavy atom. The normalized spacial score (nSPS) is 13.1. The number of hydrogen-bond donors (Lipinski definition) is 1. The first kappa shape index (κ1) is 17.0. The van der Waals surface area contributed by atoms with Crippen LogP contribution in [0.2, 0.25) is 0 Å². The number of aryl methyl sites for hydroxylation is 2. The van der Waals surface area contributed by atoms with Gasteiger partial charge in [-0.25, -0.2) is 4.98 Å². The van der Waals surface area contributed by atoms with Gasteiger partial charge in [0.05, 0.1) is 15.4 Å². The molecule has 0 fully saturated rings. The number of thiazole rings is 1. The first-order valence-corrected chi connectivity index (χ1v) is 10.2. The molecule has 130 valence electrons. The van der Waals surface area contributed by atoms with Crippen molar-refractivity contribution >= 4 is 33.6 Å². The molecule has 2 heterocycles. The van der Waals surface area contributed by atoms with E-state index < -0.39 is 0 Å². The molecule has 1 aliphatic rings. The summed E-state index contributed by atoms with van der Waals surface area (Å²) >= 11 is 3.05. The molecule has 4 nitrogen and oxygen atoms in total. The van der Waals surface area contributed by atoms with Gasteiger partial charge < -0.3 is 5.32 Å². The fourth-order valence-electron chi connectivity index (χ4n) is 3.30. The van der Waals surface area contributed by atoms with E-state index in [1.807, 2.05) is 37.3 Å². The molecule has 0 radical (unpaired) electrons. The minimum absolute atomic E-state index is 0.247. The number of anilines is 1. The molecule has 1 N–H and O–H groups in total. The number of nitriles is 1. The van der Waals surface area contributed by atoms with Crippen LogP contribution in [0.1, 0.15) is 44.3 Å². The standard InChI is InChI=1S/C20H17N3OS2/c1-12-22-17(18(25-12)13-7-3-2-4-8-13)19(24)23-20-15(11-21)14-9-5-6-10-16(14)26-20/h2-4,7-8H,5-6,9-10H2,1H3,(H,23,24). The Morgan fingerprint density at radius 1 is 1.19 bits per heavy atom. The summed E-state index contributed by atoms with van der Waals surface area (Å²) < 4.78 is 0. The van der Waals surface area contributed by atoms with Crippen molar-refractivity contribution in [1.82, 2.24) is 4.98 Å². The highest BCUT2D eigenvalue weighted by atomic mass is 32.1. The van der Waals surface area contributed by atoms with Crippen LogP contribution in [0.25, 0.3) is 10.4 Å². The lowest BCUT2D eigenvalue weighted by Crippen LogP contribution is -2.13. The summed E-state index contributed by atoms with van der Waals surface area (Å²) in [5, 5.41) is 14.0. The van der Waals surface area contributed by atoms with Crippen LogP contribution in [0.15, 0.2) is 30.3 Å². The van der Waals surface area contributed by atoms with Gasteiger partial charge in [-0.05, 0) is 43.7 Å².